The number of carboxylic acids is 1. The summed E-state index contributed by atoms with van der Waals surface area (Å²) in [7, 11) is 1.66. The monoisotopic (exact) mass is 314 g/mol. The van der Waals surface area contributed by atoms with Crippen molar-refractivity contribution in [3.8, 4) is 11.1 Å². The van der Waals surface area contributed by atoms with Gasteiger partial charge < -0.3 is 9.67 Å². The summed E-state index contributed by atoms with van der Waals surface area (Å²) in [5.74, 6) is -1.36. The Labute approximate surface area is 134 Å². The van der Waals surface area contributed by atoms with Crippen LogP contribution in [-0.4, -0.2) is 20.6 Å². The Morgan fingerprint density at radius 3 is 2.26 bits per heavy atom. The number of hydrogen-bond acceptors (Lipinski definition) is 2. The molecule has 4 nitrogen and oxygen atoms in total. The first kappa shape index (κ1) is 16.7. The molecule has 3 aromatic rings. The van der Waals surface area contributed by atoms with E-state index in [1.165, 1.54) is 23.1 Å². The van der Waals surface area contributed by atoms with Crippen LogP contribution in [0.15, 0.2) is 42.5 Å². The van der Waals surface area contributed by atoms with Crippen molar-refractivity contribution in [2.45, 2.75) is 20.3 Å². The summed E-state index contributed by atoms with van der Waals surface area (Å²) >= 11 is 0. The molecule has 0 saturated heterocycles. The minimum atomic E-state index is -1.06. The van der Waals surface area contributed by atoms with Crippen molar-refractivity contribution < 1.29 is 14.3 Å². The van der Waals surface area contributed by atoms with Crippen molar-refractivity contribution in [3.05, 3.63) is 54.1 Å². The fourth-order valence-electron chi connectivity index (χ4n) is 2.21. The third kappa shape index (κ3) is 3.56. The van der Waals surface area contributed by atoms with Crippen LogP contribution in [0.4, 0.5) is 4.39 Å². The first-order valence-electron chi connectivity index (χ1n) is 7.43. The Morgan fingerprint density at radius 1 is 1.13 bits per heavy atom. The standard InChI is InChI=1S/C15H11FN2O2.C3H8/c1-18-13-7-4-10(9-2-5-11(16)6-3-9)8-12(13)17-14(18)15(19)20;1-3-2/h2-8H,1H3,(H,19,20);3H2,1-2H3. The summed E-state index contributed by atoms with van der Waals surface area (Å²) in [6.07, 6.45) is 1.25. The molecule has 0 fully saturated rings. The number of imidazole rings is 1. The van der Waals surface area contributed by atoms with Crippen molar-refractivity contribution in [1.29, 1.82) is 0 Å². The number of aromatic nitrogens is 2. The molecule has 1 aromatic heterocycles. The van der Waals surface area contributed by atoms with Crippen LogP contribution in [0.2, 0.25) is 0 Å². The molecule has 1 N–H and O–H groups in total. The molecule has 5 heteroatoms. The van der Waals surface area contributed by atoms with Crippen molar-refractivity contribution in [2.24, 2.45) is 7.05 Å². The van der Waals surface area contributed by atoms with Gasteiger partial charge in [0.05, 0.1) is 11.0 Å². The summed E-state index contributed by atoms with van der Waals surface area (Å²) in [4.78, 5) is 15.2. The molecule has 0 aliphatic rings. The maximum absolute atomic E-state index is 12.9. The first-order chi connectivity index (χ1) is 11.0. The van der Waals surface area contributed by atoms with Gasteiger partial charge in [0.2, 0.25) is 5.82 Å². The zero-order chi connectivity index (χ0) is 17.0. The van der Waals surface area contributed by atoms with Gasteiger partial charge in [-0.3, -0.25) is 0 Å². The minimum absolute atomic E-state index is 0.00347. The second-order valence-corrected chi connectivity index (χ2v) is 5.22. The number of aryl methyl sites for hydroxylation is 1. The SMILES string of the molecule is CCC.Cn1c(C(=O)O)nc2cc(-c3ccc(F)cc3)ccc21. The smallest absolute Gasteiger partial charge is 0.372 e. The molecule has 0 radical (unpaired) electrons. The highest BCUT2D eigenvalue weighted by atomic mass is 19.1. The van der Waals surface area contributed by atoms with Gasteiger partial charge >= 0.3 is 5.97 Å². The molecule has 0 aliphatic carbocycles. The van der Waals surface area contributed by atoms with Crippen LogP contribution in [0, 0.1) is 5.82 Å². The number of halogens is 1. The van der Waals surface area contributed by atoms with Gasteiger partial charge in [-0.2, -0.15) is 0 Å². The van der Waals surface area contributed by atoms with E-state index in [-0.39, 0.29) is 11.6 Å². The Bertz CT molecular complexity index is 823. The predicted octanol–water partition coefficient (Wildman–Crippen LogP) is 4.49. The lowest BCUT2D eigenvalue weighted by molar-refractivity contribution is 0.0680. The highest BCUT2D eigenvalue weighted by Crippen LogP contribution is 2.24. The Balaban J connectivity index is 0.000000595. The fourth-order valence-corrected chi connectivity index (χ4v) is 2.21. The molecule has 0 aliphatic heterocycles. The molecular formula is C18H19FN2O2. The Hall–Kier alpha value is -2.69. The quantitative estimate of drug-likeness (QED) is 0.758. The summed E-state index contributed by atoms with van der Waals surface area (Å²) in [5, 5.41) is 9.06. The zero-order valence-electron chi connectivity index (χ0n) is 13.4. The number of benzene rings is 2. The lowest BCUT2D eigenvalue weighted by atomic mass is 10.1. The average molecular weight is 314 g/mol. The summed E-state index contributed by atoms with van der Waals surface area (Å²) in [6, 6.07) is 11.6. The van der Waals surface area contributed by atoms with E-state index in [9.17, 15) is 9.18 Å². The average Bonchev–Trinajstić information content (AvgIpc) is 2.86. The Morgan fingerprint density at radius 2 is 1.70 bits per heavy atom. The van der Waals surface area contributed by atoms with Crippen LogP contribution in [0.5, 0.6) is 0 Å². The zero-order valence-corrected chi connectivity index (χ0v) is 13.4. The van der Waals surface area contributed by atoms with Crippen LogP contribution in [0.25, 0.3) is 22.2 Å². The van der Waals surface area contributed by atoms with Crippen LogP contribution in [0.3, 0.4) is 0 Å². The van der Waals surface area contributed by atoms with Gasteiger partial charge in [0.1, 0.15) is 5.82 Å². The lowest BCUT2D eigenvalue weighted by Crippen LogP contribution is -2.05. The van der Waals surface area contributed by atoms with Gasteiger partial charge in [0.25, 0.3) is 0 Å². The van der Waals surface area contributed by atoms with Crippen molar-refractivity contribution in [1.82, 2.24) is 9.55 Å². The van der Waals surface area contributed by atoms with Gasteiger partial charge in [-0.25, -0.2) is 14.2 Å². The maximum atomic E-state index is 12.9. The van der Waals surface area contributed by atoms with E-state index < -0.39 is 5.97 Å². The van der Waals surface area contributed by atoms with E-state index >= 15 is 0 Å². The summed E-state index contributed by atoms with van der Waals surface area (Å²) in [5.41, 5.74) is 3.07. The molecule has 0 amide bonds. The number of fused-ring (bicyclic) bond motifs is 1. The van der Waals surface area contributed by atoms with E-state index in [0.717, 1.165) is 16.6 Å². The second-order valence-electron chi connectivity index (χ2n) is 5.22. The van der Waals surface area contributed by atoms with Gasteiger partial charge in [0.15, 0.2) is 0 Å². The Kier molecular flexibility index (Phi) is 5.11. The lowest BCUT2D eigenvalue weighted by Gasteiger charge is -2.02. The molecule has 2 aromatic carbocycles. The van der Waals surface area contributed by atoms with Gasteiger partial charge in [-0.15, -0.1) is 0 Å². The molecule has 0 unspecified atom stereocenters. The normalized spacial score (nSPS) is 10.3. The summed E-state index contributed by atoms with van der Waals surface area (Å²) < 4.78 is 14.5. The number of aromatic carboxylic acids is 1. The molecule has 3 rings (SSSR count). The number of carbonyl (C=O) groups is 1. The third-order valence-electron chi connectivity index (χ3n) is 3.25. The first-order valence-corrected chi connectivity index (χ1v) is 7.43. The molecule has 1 heterocycles. The van der Waals surface area contributed by atoms with Gasteiger partial charge in [-0.05, 0) is 35.4 Å². The predicted molar refractivity (Wildman–Crippen MR) is 89.0 cm³/mol. The molecule has 0 saturated carbocycles. The highest BCUT2D eigenvalue weighted by molar-refractivity contribution is 5.91. The molecule has 23 heavy (non-hydrogen) atoms. The minimum Gasteiger partial charge on any atom is -0.475 e. The number of rotatable bonds is 2. The van der Waals surface area contributed by atoms with E-state index in [2.05, 4.69) is 18.8 Å². The fraction of sp³-hybridized carbons (Fsp3) is 0.222. The molecule has 0 atom stereocenters. The summed E-state index contributed by atoms with van der Waals surface area (Å²) in [6.45, 7) is 4.25. The van der Waals surface area contributed by atoms with Crippen molar-refractivity contribution in [3.63, 3.8) is 0 Å². The van der Waals surface area contributed by atoms with Crippen LogP contribution in [-0.2, 0) is 7.05 Å². The van der Waals surface area contributed by atoms with Crippen LogP contribution >= 0.6 is 0 Å². The molecule has 120 valence electrons. The van der Waals surface area contributed by atoms with Crippen LogP contribution in [0.1, 0.15) is 30.9 Å². The molecule has 0 spiro atoms. The van der Waals surface area contributed by atoms with Crippen molar-refractivity contribution in [2.75, 3.05) is 0 Å². The van der Waals surface area contributed by atoms with E-state index in [1.54, 1.807) is 25.2 Å². The van der Waals surface area contributed by atoms with E-state index in [0.29, 0.717) is 5.52 Å². The topological polar surface area (TPSA) is 55.1 Å². The number of hydrogen-bond donors (Lipinski definition) is 1. The van der Waals surface area contributed by atoms with Crippen LogP contribution < -0.4 is 0 Å². The van der Waals surface area contributed by atoms with Crippen molar-refractivity contribution >= 4 is 17.0 Å². The molecular weight excluding hydrogens is 295 g/mol. The third-order valence-corrected chi connectivity index (χ3v) is 3.25. The number of nitrogens with zero attached hydrogens (tertiary/aromatic N) is 2. The largest absolute Gasteiger partial charge is 0.475 e. The molecule has 0 bridgehead atoms. The van der Waals surface area contributed by atoms with Gasteiger partial charge in [-0.1, -0.05) is 38.5 Å². The maximum Gasteiger partial charge on any atom is 0.372 e. The number of carboxylic acid groups (broad SMARTS) is 1. The van der Waals surface area contributed by atoms with E-state index in [4.69, 9.17) is 5.11 Å². The van der Waals surface area contributed by atoms with E-state index in [1.807, 2.05) is 12.1 Å². The van der Waals surface area contributed by atoms with Gasteiger partial charge in [0, 0.05) is 7.05 Å². The second kappa shape index (κ2) is 7.05. The highest BCUT2D eigenvalue weighted by Gasteiger charge is 2.14.